The second-order valence-electron chi connectivity index (χ2n) is 6.14. The first-order valence-electron chi connectivity index (χ1n) is 7.44. The van der Waals surface area contributed by atoms with Crippen molar-refractivity contribution < 1.29 is 9.59 Å². The number of carbonyl (C=O) groups is 2. The van der Waals surface area contributed by atoms with Crippen LogP contribution in [0.3, 0.4) is 0 Å². The van der Waals surface area contributed by atoms with Crippen LogP contribution >= 0.6 is 12.4 Å². The monoisotopic (exact) mass is 320 g/mol. The summed E-state index contributed by atoms with van der Waals surface area (Å²) in [5, 5.41) is 5.04. The number of likely N-dealkylation sites (tertiary alicyclic amines) is 1. The average molecular weight is 321 g/mol. The number of nitrogens with one attached hydrogen (secondary N) is 2. The molecule has 1 aliphatic rings. The Morgan fingerprint density at radius 1 is 1.38 bits per heavy atom. The fourth-order valence-corrected chi connectivity index (χ4v) is 2.45. The Kier molecular flexibility index (Phi) is 9.57. The standard InChI is InChI=1S/C14H28N4O2.ClH/c1-10(2)8-16-14(20)17-13(19)9-18-5-4-11(3)6-12(18)7-15;/h10-12H,4-9,15H2,1-3H3,(H2,16,17,19,20);1H. The van der Waals surface area contributed by atoms with Crippen molar-refractivity contribution in [1.82, 2.24) is 15.5 Å². The first kappa shape index (κ1) is 20.1. The average Bonchev–Trinajstić information content (AvgIpc) is 2.38. The number of hydrogen-bond donors (Lipinski definition) is 3. The molecule has 7 heteroatoms. The Bertz CT molecular complexity index is 339. The van der Waals surface area contributed by atoms with E-state index in [2.05, 4.69) is 22.5 Å². The second-order valence-corrected chi connectivity index (χ2v) is 6.14. The maximum absolute atomic E-state index is 11.9. The van der Waals surface area contributed by atoms with Gasteiger partial charge in [-0.15, -0.1) is 12.4 Å². The molecule has 0 aromatic rings. The molecule has 2 atom stereocenters. The van der Waals surface area contributed by atoms with Crippen molar-refractivity contribution >= 4 is 24.3 Å². The number of imide groups is 1. The summed E-state index contributed by atoms with van der Waals surface area (Å²) in [5.41, 5.74) is 5.76. The molecule has 3 amide bonds. The highest BCUT2D eigenvalue weighted by atomic mass is 35.5. The van der Waals surface area contributed by atoms with E-state index >= 15 is 0 Å². The van der Waals surface area contributed by atoms with Gasteiger partial charge in [0.15, 0.2) is 0 Å². The smallest absolute Gasteiger partial charge is 0.321 e. The number of amides is 3. The molecule has 1 fully saturated rings. The van der Waals surface area contributed by atoms with Gasteiger partial charge in [0.1, 0.15) is 0 Å². The number of rotatable bonds is 5. The molecule has 0 spiro atoms. The van der Waals surface area contributed by atoms with Gasteiger partial charge in [-0.05, 0) is 31.2 Å². The second kappa shape index (κ2) is 9.97. The van der Waals surface area contributed by atoms with Gasteiger partial charge in [0.25, 0.3) is 0 Å². The van der Waals surface area contributed by atoms with E-state index in [4.69, 9.17) is 5.73 Å². The van der Waals surface area contributed by atoms with Crippen LogP contribution in [0.1, 0.15) is 33.6 Å². The van der Waals surface area contributed by atoms with E-state index in [1.165, 1.54) is 0 Å². The molecule has 0 saturated carbocycles. The minimum absolute atomic E-state index is 0. The number of halogens is 1. The predicted molar refractivity (Wildman–Crippen MR) is 86.4 cm³/mol. The molecule has 124 valence electrons. The number of nitrogens with two attached hydrogens (primary N) is 1. The quantitative estimate of drug-likeness (QED) is 0.704. The lowest BCUT2D eigenvalue weighted by atomic mass is 9.92. The maximum Gasteiger partial charge on any atom is 0.321 e. The van der Waals surface area contributed by atoms with Gasteiger partial charge in [-0.3, -0.25) is 15.0 Å². The van der Waals surface area contributed by atoms with Crippen LogP contribution in [0.2, 0.25) is 0 Å². The molecular formula is C14H29ClN4O2. The molecule has 0 aromatic heterocycles. The third-order valence-electron chi connectivity index (χ3n) is 3.64. The van der Waals surface area contributed by atoms with E-state index in [0.717, 1.165) is 19.4 Å². The molecule has 0 aliphatic carbocycles. The Balaban J connectivity index is 0.00000400. The number of urea groups is 1. The van der Waals surface area contributed by atoms with Crippen molar-refractivity contribution in [1.29, 1.82) is 0 Å². The molecule has 1 rings (SSSR count). The van der Waals surface area contributed by atoms with E-state index < -0.39 is 6.03 Å². The molecular weight excluding hydrogens is 292 g/mol. The van der Waals surface area contributed by atoms with Crippen LogP contribution in [0, 0.1) is 11.8 Å². The highest BCUT2D eigenvalue weighted by molar-refractivity contribution is 5.95. The summed E-state index contributed by atoms with van der Waals surface area (Å²) >= 11 is 0. The number of piperidine rings is 1. The van der Waals surface area contributed by atoms with Crippen LogP contribution in [0.4, 0.5) is 4.79 Å². The zero-order valence-corrected chi connectivity index (χ0v) is 14.0. The summed E-state index contributed by atoms with van der Waals surface area (Å²) in [6.45, 7) is 8.43. The lowest BCUT2D eigenvalue weighted by Gasteiger charge is -2.37. The van der Waals surface area contributed by atoms with Crippen LogP contribution in [0.25, 0.3) is 0 Å². The van der Waals surface area contributed by atoms with Gasteiger partial charge in [0.2, 0.25) is 5.91 Å². The lowest BCUT2D eigenvalue weighted by Crippen LogP contribution is -2.52. The van der Waals surface area contributed by atoms with Gasteiger partial charge in [-0.25, -0.2) is 4.79 Å². The Morgan fingerprint density at radius 2 is 2.05 bits per heavy atom. The summed E-state index contributed by atoms with van der Waals surface area (Å²) in [7, 11) is 0. The Hall–Kier alpha value is -0.850. The highest BCUT2D eigenvalue weighted by Gasteiger charge is 2.26. The van der Waals surface area contributed by atoms with E-state index in [9.17, 15) is 9.59 Å². The van der Waals surface area contributed by atoms with Crippen molar-refractivity contribution in [3.05, 3.63) is 0 Å². The molecule has 0 radical (unpaired) electrons. The van der Waals surface area contributed by atoms with E-state index in [-0.39, 0.29) is 30.9 Å². The van der Waals surface area contributed by atoms with Crippen molar-refractivity contribution in [3.8, 4) is 0 Å². The molecule has 4 N–H and O–H groups in total. The summed E-state index contributed by atoms with van der Waals surface area (Å²) < 4.78 is 0. The molecule has 2 unspecified atom stereocenters. The van der Waals surface area contributed by atoms with Gasteiger partial charge in [0.05, 0.1) is 6.54 Å². The number of hydrogen-bond acceptors (Lipinski definition) is 4. The van der Waals surface area contributed by atoms with Crippen LogP contribution < -0.4 is 16.4 Å². The summed E-state index contributed by atoms with van der Waals surface area (Å²) in [4.78, 5) is 25.4. The zero-order chi connectivity index (χ0) is 15.1. The van der Waals surface area contributed by atoms with Crippen LogP contribution in [-0.2, 0) is 4.79 Å². The third-order valence-corrected chi connectivity index (χ3v) is 3.64. The Labute approximate surface area is 133 Å². The van der Waals surface area contributed by atoms with Crippen molar-refractivity contribution in [2.75, 3.05) is 26.2 Å². The van der Waals surface area contributed by atoms with E-state index in [1.807, 2.05) is 13.8 Å². The van der Waals surface area contributed by atoms with Gasteiger partial charge >= 0.3 is 6.03 Å². The first-order chi connectivity index (χ1) is 9.42. The van der Waals surface area contributed by atoms with Crippen LogP contribution in [-0.4, -0.2) is 49.1 Å². The minimum atomic E-state index is -0.418. The number of nitrogens with zero attached hydrogens (tertiary/aromatic N) is 1. The predicted octanol–water partition coefficient (Wildman–Crippen LogP) is 0.949. The van der Waals surface area contributed by atoms with E-state index in [0.29, 0.717) is 24.9 Å². The van der Waals surface area contributed by atoms with Crippen molar-refractivity contribution in [3.63, 3.8) is 0 Å². The van der Waals surface area contributed by atoms with Crippen LogP contribution in [0.15, 0.2) is 0 Å². The van der Waals surface area contributed by atoms with Crippen LogP contribution in [0.5, 0.6) is 0 Å². The van der Waals surface area contributed by atoms with Crippen molar-refractivity contribution in [2.45, 2.75) is 39.7 Å². The molecule has 0 bridgehead atoms. The molecule has 1 saturated heterocycles. The fourth-order valence-electron chi connectivity index (χ4n) is 2.45. The first-order valence-corrected chi connectivity index (χ1v) is 7.44. The highest BCUT2D eigenvalue weighted by Crippen LogP contribution is 2.21. The third kappa shape index (κ3) is 7.64. The SMILES string of the molecule is CC(C)CNC(=O)NC(=O)CN1CCC(C)CC1CN.Cl. The lowest BCUT2D eigenvalue weighted by molar-refractivity contribution is -0.122. The van der Waals surface area contributed by atoms with Gasteiger partial charge < -0.3 is 11.1 Å². The summed E-state index contributed by atoms with van der Waals surface area (Å²) in [6.07, 6.45) is 2.09. The maximum atomic E-state index is 11.9. The van der Waals surface area contributed by atoms with Crippen molar-refractivity contribution in [2.24, 2.45) is 17.6 Å². The molecule has 21 heavy (non-hydrogen) atoms. The van der Waals surface area contributed by atoms with E-state index in [1.54, 1.807) is 0 Å². The normalized spacial score (nSPS) is 22.5. The molecule has 6 nitrogen and oxygen atoms in total. The van der Waals surface area contributed by atoms with Gasteiger partial charge in [-0.2, -0.15) is 0 Å². The number of carbonyl (C=O) groups excluding carboxylic acids is 2. The fraction of sp³-hybridized carbons (Fsp3) is 0.857. The largest absolute Gasteiger partial charge is 0.338 e. The topological polar surface area (TPSA) is 87.5 Å². The Morgan fingerprint density at radius 3 is 2.62 bits per heavy atom. The summed E-state index contributed by atoms with van der Waals surface area (Å²) in [5.74, 6) is 0.748. The molecule has 0 aromatic carbocycles. The van der Waals surface area contributed by atoms with Gasteiger partial charge in [0, 0.05) is 19.1 Å². The zero-order valence-electron chi connectivity index (χ0n) is 13.2. The van der Waals surface area contributed by atoms with Gasteiger partial charge in [-0.1, -0.05) is 20.8 Å². The molecule has 1 heterocycles. The minimum Gasteiger partial charge on any atom is -0.338 e. The molecule has 1 aliphatic heterocycles. The summed E-state index contributed by atoms with van der Waals surface area (Å²) in [6, 6.07) is -0.179.